The first-order chi connectivity index (χ1) is 12.1. The summed E-state index contributed by atoms with van der Waals surface area (Å²) in [6.07, 6.45) is 2.75. The van der Waals surface area contributed by atoms with Crippen LogP contribution < -0.4 is 15.4 Å². The van der Waals surface area contributed by atoms with E-state index in [0.29, 0.717) is 12.5 Å². The smallest absolute Gasteiger partial charge is 0.267 e. The lowest BCUT2D eigenvalue weighted by molar-refractivity contribution is 0.329. The minimum absolute atomic E-state index is 0.0190. The van der Waals surface area contributed by atoms with Gasteiger partial charge in [-0.25, -0.2) is 9.67 Å². The topological polar surface area (TPSA) is 67.2 Å². The molecule has 1 saturated heterocycles. The first-order valence-corrected chi connectivity index (χ1v) is 9.68. The number of anilines is 2. The van der Waals surface area contributed by atoms with Crippen LogP contribution in [0, 0.1) is 5.92 Å². The van der Waals surface area contributed by atoms with Gasteiger partial charge in [-0.05, 0) is 17.4 Å². The second-order valence-corrected chi connectivity index (χ2v) is 7.92. The molecule has 4 heterocycles. The van der Waals surface area contributed by atoms with Crippen LogP contribution in [-0.4, -0.2) is 52.7 Å². The SMILES string of the molecule is CN(C)c1ccnc(N2CC(Cn3nc4c(cc3=O)CSCC4)C2)n1. The van der Waals surface area contributed by atoms with Crippen molar-refractivity contribution in [2.75, 3.05) is 42.7 Å². The van der Waals surface area contributed by atoms with Crippen LogP contribution in [0.3, 0.4) is 0 Å². The summed E-state index contributed by atoms with van der Waals surface area (Å²) in [5.74, 6) is 4.07. The van der Waals surface area contributed by atoms with Crippen LogP contribution in [-0.2, 0) is 18.7 Å². The third-order valence-electron chi connectivity index (χ3n) is 4.66. The molecule has 0 unspecified atom stereocenters. The maximum atomic E-state index is 12.3. The Hall–Kier alpha value is -2.09. The van der Waals surface area contributed by atoms with Crippen LogP contribution in [0.25, 0.3) is 0 Å². The molecule has 0 spiro atoms. The average molecular weight is 358 g/mol. The zero-order valence-electron chi connectivity index (χ0n) is 14.6. The molecule has 0 aromatic carbocycles. The minimum atomic E-state index is 0.0190. The highest BCUT2D eigenvalue weighted by Gasteiger charge is 2.30. The molecule has 2 aromatic rings. The lowest BCUT2D eigenvalue weighted by atomic mass is 10.0. The van der Waals surface area contributed by atoms with Crippen molar-refractivity contribution in [2.45, 2.75) is 18.7 Å². The molecule has 2 aliphatic rings. The fourth-order valence-electron chi connectivity index (χ4n) is 3.22. The predicted octanol–water partition coefficient (Wildman–Crippen LogP) is 1.03. The van der Waals surface area contributed by atoms with Crippen molar-refractivity contribution in [1.29, 1.82) is 0 Å². The third-order valence-corrected chi connectivity index (χ3v) is 5.67. The van der Waals surface area contributed by atoms with Gasteiger partial charge in [0.2, 0.25) is 5.95 Å². The van der Waals surface area contributed by atoms with Crippen LogP contribution in [0.2, 0.25) is 0 Å². The number of rotatable bonds is 4. The lowest BCUT2D eigenvalue weighted by Crippen LogP contribution is -2.50. The molecule has 7 nitrogen and oxygen atoms in total. The molecule has 0 saturated carbocycles. The van der Waals surface area contributed by atoms with E-state index in [1.165, 1.54) is 0 Å². The van der Waals surface area contributed by atoms with E-state index in [9.17, 15) is 4.79 Å². The summed E-state index contributed by atoms with van der Waals surface area (Å²) in [5, 5.41) is 4.60. The van der Waals surface area contributed by atoms with Crippen LogP contribution in [0.4, 0.5) is 11.8 Å². The standard InChI is InChI=1S/C17H22N6OS/c1-21(2)15-3-5-18-17(19-15)22-8-12(9-22)10-23-16(24)7-13-11-25-6-4-14(13)20-23/h3,5,7,12H,4,6,8-11H2,1-2H3. The van der Waals surface area contributed by atoms with Gasteiger partial charge in [0.1, 0.15) is 5.82 Å². The Kier molecular flexibility index (Phi) is 4.37. The van der Waals surface area contributed by atoms with Crippen LogP contribution in [0.5, 0.6) is 0 Å². The molecule has 25 heavy (non-hydrogen) atoms. The fourth-order valence-corrected chi connectivity index (χ4v) is 4.17. The summed E-state index contributed by atoms with van der Waals surface area (Å²) in [4.78, 5) is 25.3. The number of hydrogen-bond donors (Lipinski definition) is 0. The lowest BCUT2D eigenvalue weighted by Gasteiger charge is -2.39. The molecule has 0 N–H and O–H groups in total. The second-order valence-electron chi connectivity index (χ2n) is 6.82. The van der Waals surface area contributed by atoms with E-state index in [1.807, 2.05) is 36.8 Å². The first-order valence-electron chi connectivity index (χ1n) is 8.53. The maximum Gasteiger partial charge on any atom is 0.267 e. The van der Waals surface area contributed by atoms with Gasteiger partial charge in [-0.3, -0.25) is 4.79 Å². The Morgan fingerprint density at radius 3 is 3.00 bits per heavy atom. The van der Waals surface area contributed by atoms with E-state index in [-0.39, 0.29) is 5.56 Å². The number of aryl methyl sites for hydroxylation is 1. The average Bonchev–Trinajstić information content (AvgIpc) is 2.58. The summed E-state index contributed by atoms with van der Waals surface area (Å²) < 4.78 is 1.65. The summed E-state index contributed by atoms with van der Waals surface area (Å²) in [6, 6.07) is 3.67. The molecule has 8 heteroatoms. The molecule has 0 amide bonds. The Balaban J connectivity index is 1.42. The highest BCUT2D eigenvalue weighted by molar-refractivity contribution is 7.98. The highest BCUT2D eigenvalue weighted by atomic mass is 32.2. The van der Waals surface area contributed by atoms with Gasteiger partial charge in [0.25, 0.3) is 5.56 Å². The van der Waals surface area contributed by atoms with Gasteiger partial charge < -0.3 is 9.80 Å². The van der Waals surface area contributed by atoms with Gasteiger partial charge >= 0.3 is 0 Å². The molecule has 0 bridgehead atoms. The van der Waals surface area contributed by atoms with Crippen LogP contribution >= 0.6 is 11.8 Å². The molecular weight excluding hydrogens is 336 g/mol. The number of aromatic nitrogens is 4. The van der Waals surface area contributed by atoms with Crippen molar-refractivity contribution in [1.82, 2.24) is 19.7 Å². The molecule has 1 fully saturated rings. The molecule has 0 aliphatic carbocycles. The summed E-state index contributed by atoms with van der Waals surface area (Å²) >= 11 is 1.87. The minimum Gasteiger partial charge on any atom is -0.363 e. The molecule has 0 atom stereocenters. The van der Waals surface area contributed by atoms with Gasteiger partial charge in [0.15, 0.2) is 0 Å². The van der Waals surface area contributed by atoms with Crippen molar-refractivity contribution in [3.05, 3.63) is 39.9 Å². The quantitative estimate of drug-likeness (QED) is 0.808. The van der Waals surface area contributed by atoms with Gasteiger partial charge in [-0.15, -0.1) is 0 Å². The fraction of sp³-hybridized carbons (Fsp3) is 0.529. The molecule has 2 aromatic heterocycles. The van der Waals surface area contributed by atoms with E-state index < -0.39 is 0 Å². The third kappa shape index (κ3) is 3.35. The Morgan fingerprint density at radius 1 is 1.36 bits per heavy atom. The predicted molar refractivity (Wildman–Crippen MR) is 100 cm³/mol. The van der Waals surface area contributed by atoms with Crippen LogP contribution in [0.1, 0.15) is 11.3 Å². The van der Waals surface area contributed by atoms with Gasteiger partial charge in [0, 0.05) is 57.5 Å². The molecule has 132 valence electrons. The number of thioether (sulfide) groups is 1. The summed E-state index contributed by atoms with van der Waals surface area (Å²) in [7, 11) is 3.94. The van der Waals surface area contributed by atoms with E-state index >= 15 is 0 Å². The van der Waals surface area contributed by atoms with E-state index in [2.05, 4.69) is 20.0 Å². The van der Waals surface area contributed by atoms with E-state index in [4.69, 9.17) is 0 Å². The zero-order chi connectivity index (χ0) is 17.4. The first kappa shape index (κ1) is 16.4. The van der Waals surface area contributed by atoms with E-state index in [0.717, 1.165) is 54.0 Å². The van der Waals surface area contributed by atoms with Crippen molar-refractivity contribution in [2.24, 2.45) is 5.92 Å². The van der Waals surface area contributed by atoms with Gasteiger partial charge in [0.05, 0.1) is 12.2 Å². The van der Waals surface area contributed by atoms with Gasteiger partial charge in [-0.1, -0.05) is 0 Å². The molecular formula is C17H22N6OS. The largest absolute Gasteiger partial charge is 0.363 e. The van der Waals surface area contributed by atoms with Crippen molar-refractivity contribution in [3.8, 4) is 0 Å². The Morgan fingerprint density at radius 2 is 2.20 bits per heavy atom. The Bertz CT molecular complexity index is 830. The number of nitrogens with zero attached hydrogens (tertiary/aromatic N) is 6. The summed E-state index contributed by atoms with van der Waals surface area (Å²) in [6.45, 7) is 2.39. The van der Waals surface area contributed by atoms with Crippen LogP contribution in [0.15, 0.2) is 23.1 Å². The highest BCUT2D eigenvalue weighted by Crippen LogP contribution is 2.24. The van der Waals surface area contributed by atoms with Gasteiger partial charge in [-0.2, -0.15) is 21.8 Å². The second kappa shape index (κ2) is 6.67. The van der Waals surface area contributed by atoms with Crippen molar-refractivity contribution < 1.29 is 0 Å². The maximum absolute atomic E-state index is 12.3. The zero-order valence-corrected chi connectivity index (χ0v) is 15.4. The Labute approximate surface area is 151 Å². The van der Waals surface area contributed by atoms with Crippen molar-refractivity contribution >= 4 is 23.5 Å². The molecule has 2 aliphatic heterocycles. The normalized spacial score (nSPS) is 17.1. The monoisotopic (exact) mass is 358 g/mol. The van der Waals surface area contributed by atoms with Crippen molar-refractivity contribution in [3.63, 3.8) is 0 Å². The molecule has 4 rings (SSSR count). The van der Waals surface area contributed by atoms with E-state index in [1.54, 1.807) is 16.9 Å². The molecule has 0 radical (unpaired) electrons. The summed E-state index contributed by atoms with van der Waals surface area (Å²) in [5.41, 5.74) is 2.23. The number of hydrogen-bond acceptors (Lipinski definition) is 7. The number of fused-ring (bicyclic) bond motifs is 1.